The summed E-state index contributed by atoms with van der Waals surface area (Å²) in [5.74, 6) is 1.43. The molecule has 16 heavy (non-hydrogen) atoms. The minimum atomic E-state index is 0.116. The molecule has 1 heterocycles. The zero-order chi connectivity index (χ0) is 12.0. The van der Waals surface area contributed by atoms with E-state index in [1.165, 1.54) is 6.33 Å². The smallest absolute Gasteiger partial charge is 0.226 e. The standard InChI is InChI=1S/C10H19N5S/c1-5-11-8-12-6-13-9(15-8)16-7-14-10(2,3)4/h6,14H,5,7H2,1-4H3,(H,11,12,13,15). The van der Waals surface area contributed by atoms with E-state index in [1.807, 2.05) is 6.92 Å². The number of nitrogens with zero attached hydrogens (tertiary/aromatic N) is 3. The van der Waals surface area contributed by atoms with Crippen LogP contribution in [-0.2, 0) is 0 Å². The lowest BCUT2D eigenvalue weighted by atomic mass is 10.1. The lowest BCUT2D eigenvalue weighted by Gasteiger charge is -2.19. The fraction of sp³-hybridized carbons (Fsp3) is 0.700. The highest BCUT2D eigenvalue weighted by atomic mass is 32.2. The van der Waals surface area contributed by atoms with Crippen molar-refractivity contribution in [3.8, 4) is 0 Å². The van der Waals surface area contributed by atoms with Crippen LogP contribution in [0.4, 0.5) is 5.95 Å². The molecule has 5 nitrogen and oxygen atoms in total. The zero-order valence-corrected chi connectivity index (χ0v) is 11.1. The van der Waals surface area contributed by atoms with Crippen LogP contribution in [0.1, 0.15) is 27.7 Å². The van der Waals surface area contributed by atoms with Gasteiger partial charge >= 0.3 is 0 Å². The van der Waals surface area contributed by atoms with E-state index in [9.17, 15) is 0 Å². The summed E-state index contributed by atoms with van der Waals surface area (Å²) in [6.45, 7) is 9.22. The Kier molecular flexibility index (Phi) is 4.95. The Labute approximate surface area is 101 Å². The van der Waals surface area contributed by atoms with Crippen molar-refractivity contribution in [2.75, 3.05) is 17.7 Å². The Morgan fingerprint density at radius 1 is 1.31 bits per heavy atom. The van der Waals surface area contributed by atoms with E-state index in [-0.39, 0.29) is 5.54 Å². The molecule has 0 atom stereocenters. The first-order valence-corrected chi connectivity index (χ1v) is 6.30. The summed E-state index contributed by atoms with van der Waals surface area (Å²) >= 11 is 1.57. The Hall–Kier alpha value is -0.880. The second kappa shape index (κ2) is 6.00. The molecule has 0 aromatic carbocycles. The lowest BCUT2D eigenvalue weighted by molar-refractivity contribution is 0.461. The number of rotatable bonds is 5. The molecule has 0 saturated carbocycles. The molecule has 0 bridgehead atoms. The molecule has 0 saturated heterocycles. The highest BCUT2D eigenvalue weighted by Crippen LogP contribution is 2.12. The first-order valence-electron chi connectivity index (χ1n) is 5.32. The van der Waals surface area contributed by atoms with Crippen molar-refractivity contribution >= 4 is 17.7 Å². The molecule has 0 aliphatic heterocycles. The third-order valence-corrected chi connectivity index (χ3v) is 2.43. The number of nitrogens with one attached hydrogen (secondary N) is 2. The van der Waals surface area contributed by atoms with Crippen molar-refractivity contribution in [2.24, 2.45) is 0 Å². The van der Waals surface area contributed by atoms with Crippen LogP contribution in [0.5, 0.6) is 0 Å². The van der Waals surface area contributed by atoms with E-state index in [4.69, 9.17) is 0 Å². The molecule has 1 aromatic rings. The van der Waals surface area contributed by atoms with Gasteiger partial charge < -0.3 is 10.6 Å². The van der Waals surface area contributed by atoms with Crippen molar-refractivity contribution in [1.29, 1.82) is 0 Å². The average Bonchev–Trinajstić information content (AvgIpc) is 2.17. The van der Waals surface area contributed by atoms with Gasteiger partial charge in [0.15, 0.2) is 5.16 Å². The SMILES string of the molecule is CCNc1ncnc(SCNC(C)(C)C)n1. The van der Waals surface area contributed by atoms with Crippen molar-refractivity contribution in [3.05, 3.63) is 6.33 Å². The second-order valence-electron chi connectivity index (χ2n) is 4.34. The molecular formula is C10H19N5S. The van der Waals surface area contributed by atoms with E-state index in [0.29, 0.717) is 5.95 Å². The minimum absolute atomic E-state index is 0.116. The molecule has 0 unspecified atom stereocenters. The summed E-state index contributed by atoms with van der Waals surface area (Å²) in [6.07, 6.45) is 1.53. The monoisotopic (exact) mass is 241 g/mol. The van der Waals surface area contributed by atoms with E-state index >= 15 is 0 Å². The molecule has 0 spiro atoms. The lowest BCUT2D eigenvalue weighted by Crippen LogP contribution is -2.35. The van der Waals surface area contributed by atoms with Gasteiger partial charge in [-0.3, -0.25) is 0 Å². The highest BCUT2D eigenvalue weighted by molar-refractivity contribution is 7.99. The zero-order valence-electron chi connectivity index (χ0n) is 10.2. The molecule has 0 aliphatic carbocycles. The van der Waals surface area contributed by atoms with Gasteiger partial charge in [-0.15, -0.1) is 0 Å². The average molecular weight is 241 g/mol. The Balaban J connectivity index is 2.44. The number of thioether (sulfide) groups is 1. The van der Waals surface area contributed by atoms with Crippen LogP contribution in [0.15, 0.2) is 11.5 Å². The predicted molar refractivity (Wildman–Crippen MR) is 67.6 cm³/mol. The maximum Gasteiger partial charge on any atom is 0.226 e. The molecular weight excluding hydrogens is 222 g/mol. The fourth-order valence-electron chi connectivity index (χ4n) is 0.911. The van der Waals surface area contributed by atoms with Gasteiger partial charge in [0, 0.05) is 18.0 Å². The summed E-state index contributed by atoms with van der Waals surface area (Å²) in [4.78, 5) is 12.4. The summed E-state index contributed by atoms with van der Waals surface area (Å²) < 4.78 is 0. The molecule has 0 aliphatic rings. The third-order valence-electron chi connectivity index (χ3n) is 1.69. The van der Waals surface area contributed by atoms with Crippen LogP contribution in [0.2, 0.25) is 0 Å². The molecule has 90 valence electrons. The molecule has 1 aromatic heterocycles. The quantitative estimate of drug-likeness (QED) is 0.605. The van der Waals surface area contributed by atoms with Crippen LogP contribution in [0.25, 0.3) is 0 Å². The van der Waals surface area contributed by atoms with E-state index in [2.05, 4.69) is 46.4 Å². The number of hydrogen-bond donors (Lipinski definition) is 2. The van der Waals surface area contributed by atoms with Gasteiger partial charge in [0.2, 0.25) is 5.95 Å². The van der Waals surface area contributed by atoms with Gasteiger partial charge in [0.25, 0.3) is 0 Å². The number of hydrogen-bond acceptors (Lipinski definition) is 6. The molecule has 0 fully saturated rings. The third kappa shape index (κ3) is 5.27. The number of anilines is 1. The molecule has 2 N–H and O–H groups in total. The van der Waals surface area contributed by atoms with E-state index < -0.39 is 0 Å². The minimum Gasteiger partial charge on any atom is -0.354 e. The van der Waals surface area contributed by atoms with Gasteiger partial charge in [0.05, 0.1) is 0 Å². The molecule has 0 radical (unpaired) electrons. The van der Waals surface area contributed by atoms with Crippen molar-refractivity contribution in [1.82, 2.24) is 20.3 Å². The molecule has 6 heteroatoms. The van der Waals surface area contributed by atoms with Gasteiger partial charge in [-0.25, -0.2) is 9.97 Å². The van der Waals surface area contributed by atoms with Gasteiger partial charge in [-0.05, 0) is 27.7 Å². The van der Waals surface area contributed by atoms with Crippen molar-refractivity contribution in [3.63, 3.8) is 0 Å². The summed E-state index contributed by atoms with van der Waals surface area (Å²) in [7, 11) is 0. The number of aromatic nitrogens is 3. The van der Waals surface area contributed by atoms with E-state index in [1.54, 1.807) is 11.8 Å². The second-order valence-corrected chi connectivity index (χ2v) is 5.28. The first kappa shape index (κ1) is 13.2. The fourth-order valence-corrected chi connectivity index (χ4v) is 1.82. The summed E-state index contributed by atoms with van der Waals surface area (Å²) in [5, 5.41) is 7.16. The first-order chi connectivity index (χ1) is 7.51. The normalized spacial score (nSPS) is 11.5. The summed E-state index contributed by atoms with van der Waals surface area (Å²) in [5.41, 5.74) is 0.116. The van der Waals surface area contributed by atoms with Crippen LogP contribution in [-0.4, -0.2) is 32.9 Å². The van der Waals surface area contributed by atoms with Crippen molar-refractivity contribution in [2.45, 2.75) is 38.4 Å². The van der Waals surface area contributed by atoms with Crippen LogP contribution in [0, 0.1) is 0 Å². The van der Waals surface area contributed by atoms with Crippen molar-refractivity contribution < 1.29 is 0 Å². The van der Waals surface area contributed by atoms with Gasteiger partial charge in [-0.1, -0.05) is 11.8 Å². The van der Waals surface area contributed by atoms with Gasteiger partial charge in [-0.2, -0.15) is 4.98 Å². The van der Waals surface area contributed by atoms with E-state index in [0.717, 1.165) is 17.6 Å². The van der Waals surface area contributed by atoms with Crippen LogP contribution in [0.3, 0.4) is 0 Å². The Morgan fingerprint density at radius 2 is 2.06 bits per heavy atom. The topological polar surface area (TPSA) is 62.7 Å². The maximum absolute atomic E-state index is 4.27. The Bertz CT molecular complexity index is 323. The highest BCUT2D eigenvalue weighted by Gasteiger charge is 2.08. The molecule has 1 rings (SSSR count). The molecule has 0 amide bonds. The van der Waals surface area contributed by atoms with Crippen LogP contribution >= 0.6 is 11.8 Å². The van der Waals surface area contributed by atoms with Crippen LogP contribution < -0.4 is 10.6 Å². The summed E-state index contributed by atoms with van der Waals surface area (Å²) in [6, 6.07) is 0. The predicted octanol–water partition coefficient (Wildman–Crippen LogP) is 1.74. The van der Waals surface area contributed by atoms with Gasteiger partial charge in [0.1, 0.15) is 6.33 Å². The maximum atomic E-state index is 4.27. The largest absolute Gasteiger partial charge is 0.354 e. The Morgan fingerprint density at radius 3 is 2.69 bits per heavy atom.